The van der Waals surface area contributed by atoms with E-state index in [9.17, 15) is 4.79 Å². The smallest absolute Gasteiger partial charge is 0.220 e. The number of nitrogens with one attached hydrogen (secondary N) is 1. The summed E-state index contributed by atoms with van der Waals surface area (Å²) in [6.07, 6.45) is 0.518. The van der Waals surface area contributed by atoms with Gasteiger partial charge in [0.25, 0.3) is 0 Å². The van der Waals surface area contributed by atoms with Crippen LogP contribution in [0.4, 0.5) is 0 Å². The van der Waals surface area contributed by atoms with E-state index in [4.69, 9.17) is 4.74 Å². The molecule has 0 saturated carbocycles. The van der Waals surface area contributed by atoms with Gasteiger partial charge in [0.15, 0.2) is 0 Å². The molecule has 0 heterocycles. The van der Waals surface area contributed by atoms with E-state index in [1.807, 2.05) is 49.4 Å². The van der Waals surface area contributed by atoms with Gasteiger partial charge in [-0.3, -0.25) is 4.79 Å². The van der Waals surface area contributed by atoms with Crippen LogP contribution in [0.15, 0.2) is 59.5 Å². The molecule has 0 aliphatic carbocycles. The van der Waals surface area contributed by atoms with Crippen LogP contribution >= 0.6 is 11.8 Å². The second-order valence-electron chi connectivity index (χ2n) is 4.92. The van der Waals surface area contributed by atoms with Gasteiger partial charge in [-0.25, -0.2) is 0 Å². The fraction of sp³-hybridized carbons (Fsp3) is 0.278. The molecule has 116 valence electrons. The number of ether oxygens (including phenoxy) is 1. The van der Waals surface area contributed by atoms with Crippen LogP contribution < -0.4 is 10.1 Å². The lowest BCUT2D eigenvalue weighted by atomic mass is 10.2. The Bertz CT molecular complexity index is 569. The Kier molecular flexibility index (Phi) is 6.84. The van der Waals surface area contributed by atoms with Crippen molar-refractivity contribution in [3.8, 4) is 5.75 Å². The molecular formula is C18H21NO2S. The van der Waals surface area contributed by atoms with Crippen LogP contribution in [0.3, 0.4) is 0 Å². The second kappa shape index (κ2) is 9.15. The molecule has 4 heteroatoms. The Morgan fingerprint density at radius 2 is 1.82 bits per heavy atom. The lowest BCUT2D eigenvalue weighted by Crippen LogP contribution is -2.28. The van der Waals surface area contributed by atoms with Crippen molar-refractivity contribution >= 4 is 17.7 Å². The van der Waals surface area contributed by atoms with Gasteiger partial charge in [-0.05, 0) is 31.2 Å². The van der Waals surface area contributed by atoms with Gasteiger partial charge in [-0.1, -0.05) is 35.9 Å². The highest BCUT2D eigenvalue weighted by Crippen LogP contribution is 2.17. The topological polar surface area (TPSA) is 38.3 Å². The van der Waals surface area contributed by atoms with E-state index in [0.717, 1.165) is 11.5 Å². The number of hydrogen-bond donors (Lipinski definition) is 1. The summed E-state index contributed by atoms with van der Waals surface area (Å²) in [5, 5.41) is 2.87. The standard InChI is InChI=1S/C18H21NO2S/c1-15-7-9-16(10-8-15)21-13-12-19-18(20)11-14-22-17-5-3-2-4-6-17/h2-10H,11-14H2,1H3,(H,19,20). The number of amides is 1. The van der Waals surface area contributed by atoms with Crippen LogP contribution in [-0.2, 0) is 4.79 Å². The van der Waals surface area contributed by atoms with Crippen molar-refractivity contribution in [1.82, 2.24) is 5.32 Å². The molecule has 2 rings (SSSR count). The molecule has 3 nitrogen and oxygen atoms in total. The highest BCUT2D eigenvalue weighted by Gasteiger charge is 2.01. The molecular weight excluding hydrogens is 294 g/mol. The SMILES string of the molecule is Cc1ccc(OCCNC(=O)CCSc2ccccc2)cc1. The average Bonchev–Trinajstić information content (AvgIpc) is 2.54. The predicted octanol–water partition coefficient (Wildman–Crippen LogP) is 3.67. The number of carbonyl (C=O) groups is 1. The highest BCUT2D eigenvalue weighted by molar-refractivity contribution is 7.99. The Morgan fingerprint density at radius 3 is 2.55 bits per heavy atom. The summed E-state index contributed by atoms with van der Waals surface area (Å²) < 4.78 is 5.57. The van der Waals surface area contributed by atoms with Gasteiger partial charge in [0.1, 0.15) is 12.4 Å². The highest BCUT2D eigenvalue weighted by atomic mass is 32.2. The van der Waals surface area contributed by atoms with E-state index >= 15 is 0 Å². The summed E-state index contributed by atoms with van der Waals surface area (Å²) >= 11 is 1.69. The first-order valence-corrected chi connectivity index (χ1v) is 8.36. The molecule has 2 aromatic carbocycles. The van der Waals surface area contributed by atoms with Crippen LogP contribution in [0, 0.1) is 6.92 Å². The largest absolute Gasteiger partial charge is 0.492 e. The third-order valence-electron chi connectivity index (χ3n) is 3.06. The minimum absolute atomic E-state index is 0.0657. The number of aryl methyl sites for hydroxylation is 1. The number of benzene rings is 2. The lowest BCUT2D eigenvalue weighted by Gasteiger charge is -2.08. The maximum Gasteiger partial charge on any atom is 0.220 e. The van der Waals surface area contributed by atoms with Gasteiger partial charge in [0.05, 0.1) is 6.54 Å². The molecule has 1 amide bonds. The Labute approximate surface area is 136 Å². The summed E-state index contributed by atoms with van der Waals surface area (Å²) in [4.78, 5) is 12.9. The maximum atomic E-state index is 11.7. The zero-order chi connectivity index (χ0) is 15.6. The van der Waals surface area contributed by atoms with Gasteiger partial charge in [0.2, 0.25) is 5.91 Å². The average molecular weight is 315 g/mol. The molecule has 0 saturated heterocycles. The lowest BCUT2D eigenvalue weighted by molar-refractivity contribution is -0.120. The summed E-state index contributed by atoms with van der Waals surface area (Å²) in [6, 6.07) is 18.0. The quantitative estimate of drug-likeness (QED) is 0.596. The second-order valence-corrected chi connectivity index (χ2v) is 6.09. The predicted molar refractivity (Wildman–Crippen MR) is 91.5 cm³/mol. The minimum atomic E-state index is 0.0657. The summed E-state index contributed by atoms with van der Waals surface area (Å²) in [7, 11) is 0. The van der Waals surface area contributed by atoms with Crippen molar-refractivity contribution in [3.05, 3.63) is 60.2 Å². The Morgan fingerprint density at radius 1 is 1.09 bits per heavy atom. The van der Waals surface area contributed by atoms with Crippen molar-refractivity contribution in [2.24, 2.45) is 0 Å². The molecule has 0 aromatic heterocycles. The van der Waals surface area contributed by atoms with Crippen molar-refractivity contribution in [2.45, 2.75) is 18.2 Å². The van der Waals surface area contributed by atoms with Gasteiger partial charge < -0.3 is 10.1 Å². The molecule has 1 N–H and O–H groups in total. The Hall–Kier alpha value is -1.94. The van der Waals surface area contributed by atoms with Crippen molar-refractivity contribution in [3.63, 3.8) is 0 Å². The van der Waals surface area contributed by atoms with Crippen molar-refractivity contribution in [2.75, 3.05) is 18.9 Å². The number of hydrogen-bond acceptors (Lipinski definition) is 3. The van der Waals surface area contributed by atoms with E-state index in [0.29, 0.717) is 19.6 Å². The normalized spacial score (nSPS) is 10.2. The van der Waals surface area contributed by atoms with Gasteiger partial charge in [-0.2, -0.15) is 0 Å². The van der Waals surface area contributed by atoms with E-state index < -0.39 is 0 Å². The van der Waals surface area contributed by atoms with E-state index in [1.165, 1.54) is 10.5 Å². The zero-order valence-corrected chi connectivity index (χ0v) is 13.6. The summed E-state index contributed by atoms with van der Waals surface area (Å²) in [6.45, 7) is 3.06. The summed E-state index contributed by atoms with van der Waals surface area (Å²) in [5.41, 5.74) is 1.21. The third-order valence-corrected chi connectivity index (χ3v) is 4.07. The van der Waals surface area contributed by atoms with Crippen LogP contribution in [0.25, 0.3) is 0 Å². The minimum Gasteiger partial charge on any atom is -0.492 e. The first-order valence-electron chi connectivity index (χ1n) is 7.38. The van der Waals surface area contributed by atoms with Crippen LogP contribution in [-0.4, -0.2) is 24.8 Å². The molecule has 0 radical (unpaired) electrons. The van der Waals surface area contributed by atoms with E-state index in [2.05, 4.69) is 17.4 Å². The monoisotopic (exact) mass is 315 g/mol. The molecule has 0 fully saturated rings. The molecule has 0 unspecified atom stereocenters. The number of thioether (sulfide) groups is 1. The molecule has 0 aliphatic heterocycles. The van der Waals surface area contributed by atoms with Crippen LogP contribution in [0.1, 0.15) is 12.0 Å². The number of carbonyl (C=O) groups excluding carboxylic acids is 1. The summed E-state index contributed by atoms with van der Waals surface area (Å²) in [5.74, 6) is 1.68. The molecule has 0 aliphatic rings. The van der Waals surface area contributed by atoms with Crippen molar-refractivity contribution in [1.29, 1.82) is 0 Å². The molecule has 0 bridgehead atoms. The van der Waals surface area contributed by atoms with Gasteiger partial charge >= 0.3 is 0 Å². The van der Waals surface area contributed by atoms with E-state index in [-0.39, 0.29) is 5.91 Å². The van der Waals surface area contributed by atoms with E-state index in [1.54, 1.807) is 11.8 Å². The molecule has 0 atom stereocenters. The van der Waals surface area contributed by atoms with Gasteiger partial charge in [-0.15, -0.1) is 11.8 Å². The molecule has 2 aromatic rings. The van der Waals surface area contributed by atoms with Gasteiger partial charge in [0, 0.05) is 17.1 Å². The maximum absolute atomic E-state index is 11.7. The van der Waals surface area contributed by atoms with Crippen molar-refractivity contribution < 1.29 is 9.53 Å². The fourth-order valence-corrected chi connectivity index (χ4v) is 2.73. The molecule has 22 heavy (non-hydrogen) atoms. The number of rotatable bonds is 8. The molecule has 0 spiro atoms. The third kappa shape index (κ3) is 6.22. The van der Waals surface area contributed by atoms with Crippen LogP contribution in [0.5, 0.6) is 5.75 Å². The first kappa shape index (κ1) is 16.4. The zero-order valence-electron chi connectivity index (χ0n) is 12.7. The first-order chi connectivity index (χ1) is 10.7. The van der Waals surface area contributed by atoms with Crippen LogP contribution in [0.2, 0.25) is 0 Å². The Balaban J connectivity index is 1.55. The fourth-order valence-electron chi connectivity index (χ4n) is 1.86.